The summed E-state index contributed by atoms with van der Waals surface area (Å²) in [6, 6.07) is 5.55. The first-order valence-electron chi connectivity index (χ1n) is 10.1. The van der Waals surface area contributed by atoms with Gasteiger partial charge in [-0.3, -0.25) is 19.3 Å². The van der Waals surface area contributed by atoms with Crippen LogP contribution in [0, 0.1) is 29.6 Å². The summed E-state index contributed by atoms with van der Waals surface area (Å²) in [4.78, 5) is 44.8. The van der Waals surface area contributed by atoms with Gasteiger partial charge >= 0.3 is 0 Å². The zero-order valence-corrected chi connectivity index (χ0v) is 16.7. The Balaban J connectivity index is 1.33. The summed E-state index contributed by atoms with van der Waals surface area (Å²) >= 11 is 0. The van der Waals surface area contributed by atoms with Crippen molar-refractivity contribution in [1.82, 2.24) is 4.90 Å². The predicted molar refractivity (Wildman–Crippen MR) is 104 cm³/mol. The van der Waals surface area contributed by atoms with Crippen LogP contribution in [0.4, 0.5) is 0 Å². The van der Waals surface area contributed by atoms with Crippen molar-refractivity contribution >= 4 is 23.4 Å². The third kappa shape index (κ3) is 2.47. The van der Waals surface area contributed by atoms with Crippen molar-refractivity contribution in [3.05, 3.63) is 23.8 Å². The Kier molecular flexibility index (Phi) is 4.23. The van der Waals surface area contributed by atoms with Crippen LogP contribution < -0.4 is 15.2 Å². The molecular weight excluding hydrogens is 390 g/mol. The van der Waals surface area contributed by atoms with Crippen molar-refractivity contribution in [2.45, 2.75) is 18.9 Å². The van der Waals surface area contributed by atoms with E-state index in [-0.39, 0.29) is 41.4 Å². The first kappa shape index (κ1) is 18.9. The number of nitrogens with two attached hydrogens (primary N) is 1. The highest BCUT2D eigenvalue weighted by atomic mass is 16.6. The van der Waals surface area contributed by atoms with E-state index in [1.54, 1.807) is 20.3 Å². The highest BCUT2D eigenvalue weighted by Gasteiger charge is 2.70. The maximum Gasteiger partial charge on any atom is 0.266 e. The number of likely N-dealkylation sites (tertiary alicyclic amines) is 1. The lowest BCUT2D eigenvalue weighted by Gasteiger charge is -2.29. The molecule has 9 heteroatoms. The van der Waals surface area contributed by atoms with Gasteiger partial charge in [0.2, 0.25) is 11.8 Å². The number of ether oxygens (including phenoxy) is 2. The van der Waals surface area contributed by atoms with E-state index in [1.807, 2.05) is 12.1 Å². The molecule has 2 bridgehead atoms. The molecule has 158 valence electrons. The first-order valence-corrected chi connectivity index (χ1v) is 10.1. The Labute approximate surface area is 173 Å². The topological polar surface area (TPSA) is 121 Å². The number of hydrogen-bond acceptors (Lipinski definition) is 7. The van der Waals surface area contributed by atoms with Crippen LogP contribution in [0.2, 0.25) is 0 Å². The standard InChI is InChI=1S/C21H23N3O6/c1-28-12-4-3-9(7-13(12)29-2)5-6-24-20(26)14-10-8-11(15(14)21(24)27)18-16(10)17(19(22)25)23-30-18/h3-4,7,10-11,14-16,18H,5-6,8H2,1-2H3,(H2,22,25)/t10-,11+,14+,15+,16+,18-/m1/s1. The molecule has 2 heterocycles. The summed E-state index contributed by atoms with van der Waals surface area (Å²) in [5.41, 5.74) is 6.58. The lowest BCUT2D eigenvalue weighted by atomic mass is 9.72. The number of methoxy groups -OCH3 is 2. The normalized spacial score (nSPS) is 33.3. The van der Waals surface area contributed by atoms with Crippen molar-refractivity contribution in [2.24, 2.45) is 40.5 Å². The van der Waals surface area contributed by atoms with Gasteiger partial charge in [-0.15, -0.1) is 0 Å². The molecule has 5 rings (SSSR count). The lowest BCUT2D eigenvalue weighted by molar-refractivity contribution is -0.141. The molecule has 2 aliphatic carbocycles. The number of fused-ring (bicyclic) bond motifs is 8. The van der Waals surface area contributed by atoms with Crippen LogP contribution in [0.1, 0.15) is 12.0 Å². The minimum atomic E-state index is -0.617. The molecular formula is C21H23N3O6. The van der Waals surface area contributed by atoms with Gasteiger partial charge < -0.3 is 20.0 Å². The average molecular weight is 413 g/mol. The Morgan fingerprint density at radius 1 is 1.13 bits per heavy atom. The maximum atomic E-state index is 13.2. The molecule has 3 amide bonds. The molecule has 1 aromatic carbocycles. The number of carbonyl (C=O) groups is 3. The number of carbonyl (C=O) groups excluding carboxylic acids is 3. The number of amides is 3. The van der Waals surface area contributed by atoms with Gasteiger partial charge in [-0.2, -0.15) is 0 Å². The predicted octanol–water partition coefficient (Wildman–Crippen LogP) is 0.354. The SMILES string of the molecule is COc1ccc(CCN2C(=O)[C@H]3[C@@H]4C[C@@H]([C@H]5C(C(N)=O)=NO[C@H]45)[C@@H]3C2=O)cc1OC. The van der Waals surface area contributed by atoms with Gasteiger partial charge in [-0.25, -0.2) is 0 Å². The van der Waals surface area contributed by atoms with Crippen LogP contribution in [-0.4, -0.2) is 55.2 Å². The van der Waals surface area contributed by atoms with Crippen LogP contribution in [0.15, 0.2) is 23.4 Å². The first-order chi connectivity index (χ1) is 14.5. The summed E-state index contributed by atoms with van der Waals surface area (Å²) in [6.45, 7) is 0.298. The number of oxime groups is 1. The number of nitrogens with zero attached hydrogens (tertiary/aromatic N) is 2. The van der Waals surface area contributed by atoms with Gasteiger partial charge in [-0.1, -0.05) is 11.2 Å². The third-order valence-corrected chi connectivity index (χ3v) is 7.11. The molecule has 0 unspecified atom stereocenters. The van der Waals surface area contributed by atoms with Crippen molar-refractivity contribution in [3.8, 4) is 11.5 Å². The summed E-state index contributed by atoms with van der Waals surface area (Å²) in [5, 5.41) is 3.85. The van der Waals surface area contributed by atoms with Gasteiger partial charge in [0, 0.05) is 12.5 Å². The van der Waals surface area contributed by atoms with E-state index < -0.39 is 17.7 Å². The van der Waals surface area contributed by atoms with Gasteiger partial charge in [-0.05, 0) is 36.5 Å². The molecule has 4 aliphatic rings. The van der Waals surface area contributed by atoms with E-state index in [9.17, 15) is 14.4 Å². The van der Waals surface area contributed by atoms with E-state index in [0.717, 1.165) is 5.56 Å². The Morgan fingerprint density at radius 3 is 2.50 bits per heavy atom. The van der Waals surface area contributed by atoms with Gasteiger partial charge in [0.15, 0.2) is 17.2 Å². The zero-order chi connectivity index (χ0) is 21.2. The number of rotatable bonds is 6. The Bertz CT molecular complexity index is 975. The molecule has 0 aromatic heterocycles. The minimum Gasteiger partial charge on any atom is -0.493 e. The van der Waals surface area contributed by atoms with Crippen molar-refractivity contribution in [3.63, 3.8) is 0 Å². The molecule has 3 fully saturated rings. The summed E-state index contributed by atoms with van der Waals surface area (Å²) in [6.07, 6.45) is 0.878. The molecule has 30 heavy (non-hydrogen) atoms. The number of imide groups is 1. The van der Waals surface area contributed by atoms with Gasteiger partial charge in [0.1, 0.15) is 6.10 Å². The van der Waals surface area contributed by atoms with Crippen LogP contribution in [-0.2, 0) is 25.6 Å². The molecule has 2 saturated carbocycles. The summed E-state index contributed by atoms with van der Waals surface area (Å²) < 4.78 is 10.6. The van der Waals surface area contributed by atoms with Crippen LogP contribution in [0.3, 0.4) is 0 Å². The van der Waals surface area contributed by atoms with Crippen molar-refractivity contribution in [2.75, 3.05) is 20.8 Å². The Hall–Kier alpha value is -3.10. The molecule has 0 radical (unpaired) electrons. The molecule has 0 spiro atoms. The second kappa shape index (κ2) is 6.72. The maximum absolute atomic E-state index is 13.2. The van der Waals surface area contributed by atoms with Crippen LogP contribution >= 0.6 is 0 Å². The second-order valence-electron chi connectivity index (χ2n) is 8.32. The number of hydrogen-bond donors (Lipinski definition) is 1. The largest absolute Gasteiger partial charge is 0.493 e. The monoisotopic (exact) mass is 413 g/mol. The highest BCUT2D eigenvalue weighted by Crippen LogP contribution is 2.61. The molecule has 2 aliphatic heterocycles. The second-order valence-corrected chi connectivity index (χ2v) is 8.32. The summed E-state index contributed by atoms with van der Waals surface area (Å²) in [5.74, 6) is -1.01. The fourth-order valence-corrected chi connectivity index (χ4v) is 5.89. The highest BCUT2D eigenvalue weighted by molar-refractivity contribution is 6.39. The molecule has 6 atom stereocenters. The average Bonchev–Trinajstić information content (AvgIpc) is 3.47. The van der Waals surface area contributed by atoms with E-state index in [0.29, 0.717) is 30.9 Å². The quantitative estimate of drug-likeness (QED) is 0.672. The smallest absolute Gasteiger partial charge is 0.266 e. The van der Waals surface area contributed by atoms with E-state index in [2.05, 4.69) is 5.16 Å². The number of primary amides is 1. The van der Waals surface area contributed by atoms with E-state index in [4.69, 9.17) is 20.0 Å². The zero-order valence-electron chi connectivity index (χ0n) is 16.7. The molecule has 1 aromatic rings. The molecule has 9 nitrogen and oxygen atoms in total. The number of benzene rings is 1. The summed E-state index contributed by atoms with van der Waals surface area (Å²) in [7, 11) is 3.13. The van der Waals surface area contributed by atoms with E-state index in [1.165, 1.54) is 4.90 Å². The van der Waals surface area contributed by atoms with E-state index >= 15 is 0 Å². The van der Waals surface area contributed by atoms with Gasteiger partial charge in [0.05, 0.1) is 32.0 Å². The minimum absolute atomic E-state index is 0.104. The van der Waals surface area contributed by atoms with Crippen molar-refractivity contribution in [1.29, 1.82) is 0 Å². The fraction of sp³-hybridized carbons (Fsp3) is 0.524. The third-order valence-electron chi connectivity index (χ3n) is 7.11. The van der Waals surface area contributed by atoms with Crippen LogP contribution in [0.5, 0.6) is 11.5 Å². The molecule has 1 saturated heterocycles. The van der Waals surface area contributed by atoms with Crippen molar-refractivity contribution < 1.29 is 28.7 Å². The van der Waals surface area contributed by atoms with Gasteiger partial charge in [0.25, 0.3) is 5.91 Å². The Morgan fingerprint density at radius 2 is 1.83 bits per heavy atom. The van der Waals surface area contributed by atoms with Crippen LogP contribution in [0.25, 0.3) is 0 Å². The molecule has 2 N–H and O–H groups in total. The lowest BCUT2D eigenvalue weighted by Crippen LogP contribution is -2.43. The fourth-order valence-electron chi connectivity index (χ4n) is 5.89.